The molecule has 0 amide bonds. The number of ether oxygens (including phenoxy) is 2. The minimum Gasteiger partial charge on any atom is -0.454 e. The molecule has 0 radical (unpaired) electrons. The molecule has 7 nitrogen and oxygen atoms in total. The summed E-state index contributed by atoms with van der Waals surface area (Å²) in [6, 6.07) is 5.70. The van der Waals surface area contributed by atoms with E-state index in [-0.39, 0.29) is 30.7 Å². The molecule has 1 aliphatic rings. The van der Waals surface area contributed by atoms with Crippen LogP contribution in [0.2, 0.25) is 0 Å². The van der Waals surface area contributed by atoms with Gasteiger partial charge in [-0.2, -0.15) is 4.99 Å². The van der Waals surface area contributed by atoms with Crippen molar-refractivity contribution >= 4 is 24.3 Å². The molecule has 0 fully saturated rings. The fourth-order valence-electron chi connectivity index (χ4n) is 1.77. The zero-order valence-electron chi connectivity index (χ0n) is 12.9. The van der Waals surface area contributed by atoms with E-state index in [1.807, 2.05) is 39.0 Å². The highest BCUT2D eigenvalue weighted by Gasteiger charge is 2.14. The molecule has 1 aromatic carbocycles. The lowest BCUT2D eigenvalue weighted by Gasteiger charge is -2.21. The second-order valence-corrected chi connectivity index (χ2v) is 5.74. The first-order chi connectivity index (χ1) is 9.83. The summed E-state index contributed by atoms with van der Waals surface area (Å²) in [4.78, 5) is 8.41. The Labute approximate surface area is 136 Å². The van der Waals surface area contributed by atoms with E-state index in [0.717, 1.165) is 17.1 Å². The molecule has 2 rings (SSSR count). The number of rotatable bonds is 2. The Morgan fingerprint density at radius 1 is 1.23 bits per heavy atom. The number of nitrogens with one attached hydrogen (secondary N) is 1. The van der Waals surface area contributed by atoms with E-state index >= 15 is 0 Å². The summed E-state index contributed by atoms with van der Waals surface area (Å²) in [5.41, 5.74) is 11.6. The van der Waals surface area contributed by atoms with E-state index in [1.165, 1.54) is 0 Å². The van der Waals surface area contributed by atoms with Gasteiger partial charge < -0.3 is 26.3 Å². The maximum Gasteiger partial charge on any atom is 0.231 e. The van der Waals surface area contributed by atoms with Crippen LogP contribution in [0.15, 0.2) is 28.2 Å². The molecule has 0 spiro atoms. The van der Waals surface area contributed by atoms with Crippen LogP contribution in [-0.4, -0.2) is 24.3 Å². The molecular formula is C14H22ClN5O2. The standard InChI is InChI=1S/C14H21N5O2.ClH/c1-14(2,3)19-13(18-12(15)16)17-7-9-4-5-10-11(6-9)21-8-20-10;/h4-6H,7-8H2,1-3H3,(H5,15,16,17,18,19);1H. The summed E-state index contributed by atoms with van der Waals surface area (Å²) in [5, 5.41) is 3.16. The number of benzene rings is 1. The predicted molar refractivity (Wildman–Crippen MR) is 89.7 cm³/mol. The van der Waals surface area contributed by atoms with Crippen molar-refractivity contribution in [2.75, 3.05) is 6.79 Å². The number of halogens is 1. The molecule has 0 aliphatic carbocycles. The van der Waals surface area contributed by atoms with Crippen molar-refractivity contribution in [3.8, 4) is 11.5 Å². The lowest BCUT2D eigenvalue weighted by molar-refractivity contribution is 0.174. The highest BCUT2D eigenvalue weighted by Crippen LogP contribution is 2.32. The molecule has 5 N–H and O–H groups in total. The zero-order chi connectivity index (χ0) is 15.5. The molecule has 8 heteroatoms. The summed E-state index contributed by atoms with van der Waals surface area (Å²) < 4.78 is 10.6. The Hall–Kier alpha value is -2.15. The van der Waals surface area contributed by atoms with Crippen molar-refractivity contribution in [2.45, 2.75) is 32.9 Å². The lowest BCUT2D eigenvalue weighted by Crippen LogP contribution is -2.41. The molecular weight excluding hydrogens is 306 g/mol. The number of fused-ring (bicyclic) bond motifs is 1. The summed E-state index contributed by atoms with van der Waals surface area (Å²) in [7, 11) is 0. The molecule has 22 heavy (non-hydrogen) atoms. The van der Waals surface area contributed by atoms with Crippen LogP contribution in [-0.2, 0) is 6.54 Å². The van der Waals surface area contributed by atoms with Crippen LogP contribution in [0.3, 0.4) is 0 Å². The van der Waals surface area contributed by atoms with Crippen LogP contribution in [0.5, 0.6) is 11.5 Å². The first-order valence-corrected chi connectivity index (χ1v) is 6.64. The number of nitrogens with zero attached hydrogens (tertiary/aromatic N) is 2. The molecule has 0 unspecified atom stereocenters. The van der Waals surface area contributed by atoms with Crippen molar-refractivity contribution in [3.05, 3.63) is 23.8 Å². The van der Waals surface area contributed by atoms with E-state index in [0.29, 0.717) is 12.5 Å². The van der Waals surface area contributed by atoms with E-state index in [9.17, 15) is 0 Å². The average Bonchev–Trinajstić information content (AvgIpc) is 2.80. The molecule has 122 valence electrons. The fraction of sp³-hybridized carbons (Fsp3) is 0.429. The third-order valence-corrected chi connectivity index (χ3v) is 2.57. The third-order valence-electron chi connectivity index (χ3n) is 2.57. The van der Waals surface area contributed by atoms with Gasteiger partial charge in [-0.3, -0.25) is 0 Å². The van der Waals surface area contributed by atoms with Gasteiger partial charge in [-0.25, -0.2) is 4.99 Å². The molecule has 0 aromatic heterocycles. The number of hydrogen-bond donors (Lipinski definition) is 3. The Balaban J connectivity index is 0.00000242. The van der Waals surface area contributed by atoms with Gasteiger partial charge >= 0.3 is 0 Å². The van der Waals surface area contributed by atoms with E-state index in [2.05, 4.69) is 15.3 Å². The highest BCUT2D eigenvalue weighted by atomic mass is 35.5. The monoisotopic (exact) mass is 327 g/mol. The van der Waals surface area contributed by atoms with Gasteiger partial charge in [-0.15, -0.1) is 12.4 Å². The SMILES string of the molecule is CC(C)(C)NC(N=C(N)N)=NCc1ccc2c(c1)OCO2.Cl. The van der Waals surface area contributed by atoms with E-state index in [4.69, 9.17) is 20.9 Å². The van der Waals surface area contributed by atoms with Crippen LogP contribution in [0, 0.1) is 0 Å². The molecule has 1 aromatic rings. The minimum absolute atomic E-state index is 0. The van der Waals surface area contributed by atoms with Gasteiger partial charge in [0.25, 0.3) is 0 Å². The average molecular weight is 328 g/mol. The zero-order valence-corrected chi connectivity index (χ0v) is 13.7. The van der Waals surface area contributed by atoms with Gasteiger partial charge in [0.1, 0.15) is 0 Å². The lowest BCUT2D eigenvalue weighted by atomic mass is 10.1. The molecule has 0 saturated carbocycles. The summed E-state index contributed by atoms with van der Waals surface area (Å²) in [6.07, 6.45) is 0. The Bertz CT molecular complexity index is 577. The van der Waals surface area contributed by atoms with Crippen LogP contribution < -0.4 is 26.3 Å². The largest absolute Gasteiger partial charge is 0.454 e. The highest BCUT2D eigenvalue weighted by molar-refractivity contribution is 5.93. The van der Waals surface area contributed by atoms with Crippen molar-refractivity contribution < 1.29 is 9.47 Å². The Kier molecular flexibility index (Phi) is 5.87. The summed E-state index contributed by atoms with van der Waals surface area (Å²) >= 11 is 0. The van der Waals surface area contributed by atoms with Crippen LogP contribution >= 0.6 is 12.4 Å². The van der Waals surface area contributed by atoms with Gasteiger partial charge in [-0.05, 0) is 38.5 Å². The Morgan fingerprint density at radius 2 is 1.91 bits per heavy atom. The van der Waals surface area contributed by atoms with Crippen molar-refractivity contribution in [2.24, 2.45) is 21.5 Å². The van der Waals surface area contributed by atoms with Gasteiger partial charge in [0.2, 0.25) is 12.8 Å². The quantitative estimate of drug-likeness (QED) is 0.561. The minimum atomic E-state index is -0.188. The van der Waals surface area contributed by atoms with Crippen molar-refractivity contribution in [1.82, 2.24) is 5.32 Å². The van der Waals surface area contributed by atoms with Gasteiger partial charge in [-0.1, -0.05) is 6.07 Å². The first kappa shape index (κ1) is 17.9. The van der Waals surface area contributed by atoms with Crippen LogP contribution in [0.4, 0.5) is 0 Å². The molecule has 1 heterocycles. The normalized spacial score (nSPS) is 13.3. The fourth-order valence-corrected chi connectivity index (χ4v) is 1.77. The third kappa shape index (κ3) is 5.33. The first-order valence-electron chi connectivity index (χ1n) is 6.64. The Morgan fingerprint density at radius 3 is 2.55 bits per heavy atom. The topological polar surface area (TPSA) is 107 Å². The summed E-state index contributed by atoms with van der Waals surface area (Å²) in [5.74, 6) is 1.85. The summed E-state index contributed by atoms with van der Waals surface area (Å²) in [6.45, 7) is 6.71. The molecule has 0 bridgehead atoms. The van der Waals surface area contributed by atoms with Crippen LogP contribution in [0.25, 0.3) is 0 Å². The van der Waals surface area contributed by atoms with E-state index in [1.54, 1.807) is 0 Å². The second-order valence-electron chi connectivity index (χ2n) is 5.74. The number of hydrogen-bond acceptors (Lipinski definition) is 3. The molecule has 1 aliphatic heterocycles. The smallest absolute Gasteiger partial charge is 0.231 e. The van der Waals surface area contributed by atoms with Crippen molar-refractivity contribution in [3.63, 3.8) is 0 Å². The number of aliphatic imine (C=N–C) groups is 2. The maximum absolute atomic E-state index is 5.43. The number of nitrogens with two attached hydrogens (primary N) is 2. The van der Waals surface area contributed by atoms with Gasteiger partial charge in [0, 0.05) is 5.54 Å². The second kappa shape index (κ2) is 7.22. The van der Waals surface area contributed by atoms with Crippen LogP contribution in [0.1, 0.15) is 26.3 Å². The maximum atomic E-state index is 5.43. The number of guanidine groups is 2. The molecule has 0 atom stereocenters. The van der Waals surface area contributed by atoms with E-state index < -0.39 is 0 Å². The van der Waals surface area contributed by atoms with Gasteiger partial charge in [0.15, 0.2) is 17.5 Å². The van der Waals surface area contributed by atoms with Crippen molar-refractivity contribution in [1.29, 1.82) is 0 Å². The van der Waals surface area contributed by atoms with Gasteiger partial charge in [0.05, 0.1) is 6.54 Å². The predicted octanol–water partition coefficient (Wildman–Crippen LogP) is 1.35. The molecule has 0 saturated heterocycles.